The molecule has 1 nitrogen and oxygen atoms in total. The van der Waals surface area contributed by atoms with Crippen LogP contribution in [0.15, 0.2) is 21.1 Å². The molecule has 4 heteroatoms. The number of hydrogen-bond donors (Lipinski definition) is 0. The predicted molar refractivity (Wildman–Crippen MR) is 56.9 cm³/mol. The van der Waals surface area contributed by atoms with Crippen molar-refractivity contribution in [2.24, 2.45) is 0 Å². The molecular weight excluding hydrogens is 307 g/mol. The van der Waals surface area contributed by atoms with Crippen LogP contribution in [0.25, 0.3) is 0 Å². The molecule has 0 aliphatic heterocycles. The molecule has 1 aromatic carbocycles. The molecule has 0 atom stereocenters. The zero-order chi connectivity index (χ0) is 9.30. The lowest BCUT2D eigenvalue weighted by Gasteiger charge is -2.03. The van der Waals surface area contributed by atoms with E-state index in [1.807, 2.05) is 0 Å². The Morgan fingerprint density at radius 2 is 2.00 bits per heavy atom. The Labute approximate surface area is 92.4 Å². The van der Waals surface area contributed by atoms with Crippen LogP contribution in [0.1, 0.15) is 17.3 Å². The van der Waals surface area contributed by atoms with Crippen molar-refractivity contribution in [1.29, 1.82) is 0 Å². The van der Waals surface area contributed by atoms with E-state index >= 15 is 0 Å². The second kappa shape index (κ2) is 3.90. The second-order valence-electron chi connectivity index (χ2n) is 2.30. The van der Waals surface area contributed by atoms with E-state index in [9.17, 15) is 4.79 Å². The highest BCUT2D eigenvalue weighted by Gasteiger charge is 2.10. The van der Waals surface area contributed by atoms with Gasteiger partial charge in [-0.05, 0) is 35.0 Å². The maximum Gasteiger partial charge on any atom is 0.162 e. The minimum Gasteiger partial charge on any atom is -0.294 e. The Kier molecular flexibility index (Phi) is 3.32. The lowest BCUT2D eigenvalue weighted by atomic mass is 10.1. The molecule has 0 N–H and O–H groups in total. The van der Waals surface area contributed by atoms with Gasteiger partial charge in [-0.15, -0.1) is 0 Å². The molecule has 1 rings (SSSR count). The van der Waals surface area contributed by atoms with Gasteiger partial charge < -0.3 is 0 Å². The van der Waals surface area contributed by atoms with Gasteiger partial charge in [0, 0.05) is 8.95 Å². The molecule has 0 aromatic heterocycles. The van der Waals surface area contributed by atoms with Gasteiger partial charge >= 0.3 is 0 Å². The molecule has 0 heterocycles. The van der Waals surface area contributed by atoms with Crippen LogP contribution >= 0.6 is 43.5 Å². The highest BCUT2D eigenvalue weighted by molar-refractivity contribution is 9.11. The van der Waals surface area contributed by atoms with Crippen molar-refractivity contribution in [3.05, 3.63) is 31.7 Å². The van der Waals surface area contributed by atoms with E-state index in [2.05, 4.69) is 31.9 Å². The van der Waals surface area contributed by atoms with Gasteiger partial charge in [0.25, 0.3) is 0 Å². The normalized spacial score (nSPS) is 10.0. The molecule has 0 radical (unpaired) electrons. The molecule has 0 saturated carbocycles. The average molecular weight is 312 g/mol. The molecule has 0 fully saturated rings. The van der Waals surface area contributed by atoms with E-state index in [1.165, 1.54) is 6.92 Å². The molecule has 0 unspecified atom stereocenters. The van der Waals surface area contributed by atoms with Crippen molar-refractivity contribution in [1.82, 2.24) is 0 Å². The fourth-order valence-corrected chi connectivity index (χ4v) is 2.98. The molecule has 0 spiro atoms. The van der Waals surface area contributed by atoms with E-state index < -0.39 is 0 Å². The zero-order valence-electron chi connectivity index (χ0n) is 6.20. The molecule has 0 amide bonds. The smallest absolute Gasteiger partial charge is 0.162 e. The Morgan fingerprint density at radius 1 is 1.42 bits per heavy atom. The first-order chi connectivity index (χ1) is 5.52. The van der Waals surface area contributed by atoms with Crippen molar-refractivity contribution in [2.75, 3.05) is 0 Å². The lowest BCUT2D eigenvalue weighted by molar-refractivity contribution is 0.101. The van der Waals surface area contributed by atoms with Crippen LogP contribution in [0, 0.1) is 0 Å². The third-order valence-corrected chi connectivity index (χ3v) is 2.74. The lowest BCUT2D eigenvalue weighted by Crippen LogP contribution is -1.94. The van der Waals surface area contributed by atoms with Crippen LogP contribution in [-0.2, 0) is 0 Å². The van der Waals surface area contributed by atoms with E-state index in [4.69, 9.17) is 11.6 Å². The highest BCUT2D eigenvalue weighted by Crippen LogP contribution is 2.29. The number of Topliss-reactive ketones (excluding diaryl/α,β-unsaturated/α-hetero) is 1. The molecule has 1 aromatic rings. The van der Waals surface area contributed by atoms with Crippen molar-refractivity contribution in [3.8, 4) is 0 Å². The molecular formula is C8H5Br2ClO. The van der Waals surface area contributed by atoms with Crippen LogP contribution in [-0.4, -0.2) is 5.78 Å². The minimum absolute atomic E-state index is 0.0422. The van der Waals surface area contributed by atoms with Crippen LogP contribution < -0.4 is 0 Å². The fraction of sp³-hybridized carbons (Fsp3) is 0.125. The number of benzene rings is 1. The summed E-state index contributed by atoms with van der Waals surface area (Å²) in [6, 6.07) is 3.49. The van der Waals surface area contributed by atoms with E-state index in [-0.39, 0.29) is 5.78 Å². The summed E-state index contributed by atoms with van der Waals surface area (Å²) >= 11 is 12.4. The summed E-state index contributed by atoms with van der Waals surface area (Å²) < 4.78 is 1.57. The second-order valence-corrected chi connectivity index (χ2v) is 4.48. The molecule has 0 aliphatic rings. The van der Waals surface area contributed by atoms with Gasteiger partial charge in [0.2, 0.25) is 0 Å². The van der Waals surface area contributed by atoms with Crippen LogP contribution in [0.5, 0.6) is 0 Å². The third kappa shape index (κ3) is 2.09. The third-order valence-electron chi connectivity index (χ3n) is 1.36. The average Bonchev–Trinajstić information content (AvgIpc) is 1.82. The van der Waals surface area contributed by atoms with Gasteiger partial charge in [-0.1, -0.05) is 27.5 Å². The predicted octanol–water partition coefficient (Wildman–Crippen LogP) is 4.07. The first kappa shape index (κ1) is 10.2. The quantitative estimate of drug-likeness (QED) is 0.715. The molecule has 12 heavy (non-hydrogen) atoms. The van der Waals surface area contributed by atoms with Crippen molar-refractivity contribution >= 4 is 49.2 Å². The van der Waals surface area contributed by atoms with Gasteiger partial charge in [-0.3, -0.25) is 4.79 Å². The summed E-state index contributed by atoms with van der Waals surface area (Å²) in [6.07, 6.45) is 0. The highest BCUT2D eigenvalue weighted by atomic mass is 79.9. The molecule has 0 bridgehead atoms. The van der Waals surface area contributed by atoms with Gasteiger partial charge in [0.05, 0.1) is 10.6 Å². The summed E-state index contributed by atoms with van der Waals surface area (Å²) in [5.74, 6) is -0.0422. The van der Waals surface area contributed by atoms with E-state index in [0.717, 1.165) is 8.95 Å². The van der Waals surface area contributed by atoms with Crippen LogP contribution in [0.4, 0.5) is 0 Å². The standard InChI is InChI=1S/C8H5Br2ClO/c1-4(12)8-6(10)2-5(9)3-7(8)11/h2-3H,1H3. The summed E-state index contributed by atoms with van der Waals surface area (Å²) in [5.41, 5.74) is 0.528. The van der Waals surface area contributed by atoms with Crippen molar-refractivity contribution < 1.29 is 4.79 Å². The Hall–Kier alpha value is 0.140. The number of halogens is 3. The van der Waals surface area contributed by atoms with Gasteiger partial charge in [0.1, 0.15) is 0 Å². The van der Waals surface area contributed by atoms with Crippen molar-refractivity contribution in [3.63, 3.8) is 0 Å². The summed E-state index contributed by atoms with van der Waals surface area (Å²) in [5, 5.41) is 0.462. The maximum atomic E-state index is 11.1. The minimum atomic E-state index is -0.0422. The number of ketones is 1. The number of rotatable bonds is 1. The van der Waals surface area contributed by atoms with Gasteiger partial charge in [-0.2, -0.15) is 0 Å². The van der Waals surface area contributed by atoms with Crippen molar-refractivity contribution in [2.45, 2.75) is 6.92 Å². The Bertz CT molecular complexity index is 313. The first-order valence-electron chi connectivity index (χ1n) is 3.18. The maximum absolute atomic E-state index is 11.1. The SMILES string of the molecule is CC(=O)c1c(Cl)cc(Br)cc1Br. The number of carbonyl (C=O) groups excluding carboxylic acids is 1. The Morgan fingerprint density at radius 3 is 2.42 bits per heavy atom. The number of carbonyl (C=O) groups is 1. The Balaban J connectivity index is 3.38. The van der Waals surface area contributed by atoms with E-state index in [1.54, 1.807) is 12.1 Å². The van der Waals surface area contributed by atoms with Crippen LogP contribution in [0.2, 0.25) is 5.02 Å². The van der Waals surface area contributed by atoms with E-state index in [0.29, 0.717) is 10.6 Å². The fourth-order valence-electron chi connectivity index (χ4n) is 0.879. The first-order valence-corrected chi connectivity index (χ1v) is 5.14. The summed E-state index contributed by atoms with van der Waals surface area (Å²) in [4.78, 5) is 11.1. The summed E-state index contributed by atoms with van der Waals surface area (Å²) in [7, 11) is 0. The zero-order valence-corrected chi connectivity index (χ0v) is 10.1. The topological polar surface area (TPSA) is 17.1 Å². The monoisotopic (exact) mass is 310 g/mol. The molecule has 0 aliphatic carbocycles. The van der Waals surface area contributed by atoms with Gasteiger partial charge in [0.15, 0.2) is 5.78 Å². The largest absolute Gasteiger partial charge is 0.294 e. The van der Waals surface area contributed by atoms with Crippen LogP contribution in [0.3, 0.4) is 0 Å². The summed E-state index contributed by atoms with van der Waals surface area (Å²) in [6.45, 7) is 1.49. The van der Waals surface area contributed by atoms with Gasteiger partial charge in [-0.25, -0.2) is 0 Å². The number of hydrogen-bond acceptors (Lipinski definition) is 1. The molecule has 64 valence electrons. The molecule has 0 saturated heterocycles.